The summed E-state index contributed by atoms with van der Waals surface area (Å²) in [6.45, 7) is 0. The molecule has 0 aromatic heterocycles. The Morgan fingerprint density at radius 2 is 1.92 bits per heavy atom. The Bertz CT molecular complexity index is 290. The molecule has 1 aromatic rings. The van der Waals surface area contributed by atoms with Gasteiger partial charge in [-0.25, -0.2) is 5.84 Å². The summed E-state index contributed by atoms with van der Waals surface area (Å²) >= 11 is 0. The van der Waals surface area contributed by atoms with E-state index in [1.54, 1.807) is 0 Å². The molecule has 0 amide bonds. The molecule has 13 heavy (non-hydrogen) atoms. The summed E-state index contributed by atoms with van der Waals surface area (Å²) in [5, 5.41) is 6.50. The summed E-state index contributed by atoms with van der Waals surface area (Å²) in [5.41, 5.74) is 4.29. The average molecular weight is 179 g/mol. The molecule has 0 aliphatic rings. The van der Waals surface area contributed by atoms with Crippen LogP contribution in [-0.4, -0.2) is 12.9 Å². The number of nitrogens with two attached hydrogens (primary N) is 2. The smallest absolute Gasteiger partial charge is 0.166 e. The molecular weight excluding hydrogens is 166 g/mol. The van der Waals surface area contributed by atoms with Gasteiger partial charge in [0.1, 0.15) is 0 Å². The fraction of sp³-hybridized carbons (Fsp3) is 0.125. The summed E-state index contributed by atoms with van der Waals surface area (Å²) in [6, 6.07) is 7.57. The van der Waals surface area contributed by atoms with Gasteiger partial charge in [0.25, 0.3) is 0 Å². The molecule has 0 atom stereocenters. The highest BCUT2D eigenvalue weighted by Crippen LogP contribution is 2.08. The molecule has 1 rings (SSSR count). The van der Waals surface area contributed by atoms with E-state index in [4.69, 9.17) is 11.7 Å². The van der Waals surface area contributed by atoms with E-state index in [0.717, 1.165) is 11.3 Å². The zero-order valence-corrected chi connectivity index (χ0v) is 7.41. The standard InChI is InChI=1S/C8H13N5/c1-11-7-4-2-6(3-5-7)8(12-9)13-10/h2-5,11H,9-10H2,1H3,(H,12,13). The first-order chi connectivity index (χ1) is 6.31. The van der Waals surface area contributed by atoms with E-state index in [2.05, 4.69) is 15.8 Å². The summed E-state index contributed by atoms with van der Waals surface area (Å²) in [7, 11) is 1.86. The highest BCUT2D eigenvalue weighted by Gasteiger charge is 1.99. The number of benzene rings is 1. The molecule has 0 aliphatic carbocycles. The van der Waals surface area contributed by atoms with Crippen molar-refractivity contribution < 1.29 is 0 Å². The van der Waals surface area contributed by atoms with Crippen LogP contribution in [0.15, 0.2) is 29.4 Å². The molecule has 5 nitrogen and oxygen atoms in total. The predicted octanol–water partition coefficient (Wildman–Crippen LogP) is -0.188. The summed E-state index contributed by atoms with van der Waals surface area (Å²) in [5.74, 6) is 10.8. The van der Waals surface area contributed by atoms with Crippen molar-refractivity contribution in [2.75, 3.05) is 12.4 Å². The minimum absolute atomic E-state index is 0.461. The Balaban J connectivity index is 2.91. The fourth-order valence-corrected chi connectivity index (χ4v) is 0.990. The van der Waals surface area contributed by atoms with Gasteiger partial charge in [0, 0.05) is 18.3 Å². The fourth-order valence-electron chi connectivity index (χ4n) is 0.990. The van der Waals surface area contributed by atoms with Crippen molar-refractivity contribution in [2.24, 2.45) is 16.8 Å². The highest BCUT2D eigenvalue weighted by molar-refractivity contribution is 5.98. The second-order valence-electron chi connectivity index (χ2n) is 2.45. The molecule has 70 valence electrons. The molecule has 0 radical (unpaired) electrons. The number of anilines is 1. The quantitative estimate of drug-likeness (QED) is 0.219. The molecule has 5 heteroatoms. The SMILES string of the molecule is CNc1ccc(/C(=N/N)NN)cc1. The number of nitrogens with zero attached hydrogens (tertiary/aromatic N) is 1. The summed E-state index contributed by atoms with van der Waals surface area (Å²) in [4.78, 5) is 0. The van der Waals surface area contributed by atoms with Crippen molar-refractivity contribution >= 4 is 11.5 Å². The lowest BCUT2D eigenvalue weighted by Crippen LogP contribution is -2.31. The van der Waals surface area contributed by atoms with E-state index >= 15 is 0 Å². The number of amidine groups is 1. The molecule has 0 fully saturated rings. The van der Waals surface area contributed by atoms with E-state index < -0.39 is 0 Å². The maximum Gasteiger partial charge on any atom is 0.166 e. The lowest BCUT2D eigenvalue weighted by atomic mass is 10.2. The van der Waals surface area contributed by atoms with E-state index in [1.165, 1.54) is 0 Å². The first-order valence-corrected chi connectivity index (χ1v) is 3.84. The van der Waals surface area contributed by atoms with Crippen molar-refractivity contribution in [1.82, 2.24) is 5.43 Å². The molecule has 0 spiro atoms. The molecule has 0 saturated heterocycles. The van der Waals surface area contributed by atoms with Gasteiger partial charge in [0.05, 0.1) is 0 Å². The second kappa shape index (κ2) is 4.32. The lowest BCUT2D eigenvalue weighted by molar-refractivity contribution is 1.00. The van der Waals surface area contributed by atoms with Crippen molar-refractivity contribution in [3.05, 3.63) is 29.8 Å². The number of hydrazone groups is 1. The third-order valence-corrected chi connectivity index (χ3v) is 1.71. The van der Waals surface area contributed by atoms with E-state index in [-0.39, 0.29) is 0 Å². The van der Waals surface area contributed by atoms with Gasteiger partial charge in [-0.05, 0) is 24.3 Å². The van der Waals surface area contributed by atoms with E-state index in [9.17, 15) is 0 Å². The van der Waals surface area contributed by atoms with E-state index in [1.807, 2.05) is 31.3 Å². The van der Waals surface area contributed by atoms with Crippen molar-refractivity contribution in [3.8, 4) is 0 Å². The van der Waals surface area contributed by atoms with Gasteiger partial charge in [-0.1, -0.05) is 0 Å². The van der Waals surface area contributed by atoms with Crippen LogP contribution in [0.3, 0.4) is 0 Å². The monoisotopic (exact) mass is 179 g/mol. The van der Waals surface area contributed by atoms with Gasteiger partial charge in [-0.3, -0.25) is 0 Å². The van der Waals surface area contributed by atoms with Crippen LogP contribution in [0.1, 0.15) is 5.56 Å². The molecule has 1 aromatic carbocycles. The third-order valence-electron chi connectivity index (χ3n) is 1.71. The van der Waals surface area contributed by atoms with Gasteiger partial charge < -0.3 is 16.6 Å². The second-order valence-corrected chi connectivity index (χ2v) is 2.45. The molecule has 0 heterocycles. The maximum atomic E-state index is 5.21. The van der Waals surface area contributed by atoms with Gasteiger partial charge in [0.2, 0.25) is 0 Å². The third kappa shape index (κ3) is 2.09. The van der Waals surface area contributed by atoms with Crippen LogP contribution >= 0.6 is 0 Å². The number of hydrazine groups is 1. The zero-order chi connectivity index (χ0) is 9.68. The van der Waals surface area contributed by atoms with Crippen LogP contribution in [0.2, 0.25) is 0 Å². The van der Waals surface area contributed by atoms with Crippen LogP contribution < -0.4 is 22.4 Å². The van der Waals surface area contributed by atoms with Crippen LogP contribution in [0.4, 0.5) is 5.69 Å². The van der Waals surface area contributed by atoms with Crippen molar-refractivity contribution in [3.63, 3.8) is 0 Å². The molecule has 6 N–H and O–H groups in total. The van der Waals surface area contributed by atoms with Gasteiger partial charge in [-0.15, -0.1) is 0 Å². The van der Waals surface area contributed by atoms with Crippen molar-refractivity contribution in [1.29, 1.82) is 0 Å². The molecule has 0 aliphatic heterocycles. The molecule has 0 saturated carbocycles. The predicted molar refractivity (Wildman–Crippen MR) is 54.0 cm³/mol. The Morgan fingerprint density at radius 3 is 2.31 bits per heavy atom. The number of hydrogen-bond acceptors (Lipinski definition) is 4. The van der Waals surface area contributed by atoms with Crippen LogP contribution in [0.5, 0.6) is 0 Å². The van der Waals surface area contributed by atoms with Crippen LogP contribution in [-0.2, 0) is 0 Å². The number of nitrogens with one attached hydrogen (secondary N) is 2. The van der Waals surface area contributed by atoms with Gasteiger partial charge >= 0.3 is 0 Å². The number of rotatable bonds is 2. The molecule has 0 bridgehead atoms. The van der Waals surface area contributed by atoms with Crippen LogP contribution in [0.25, 0.3) is 0 Å². The maximum absolute atomic E-state index is 5.21. The highest BCUT2D eigenvalue weighted by atomic mass is 15.3. The van der Waals surface area contributed by atoms with Crippen LogP contribution in [0, 0.1) is 0 Å². The Morgan fingerprint density at radius 1 is 1.31 bits per heavy atom. The average Bonchev–Trinajstić information content (AvgIpc) is 2.21. The van der Waals surface area contributed by atoms with Gasteiger partial charge in [-0.2, -0.15) is 5.10 Å². The Labute approximate surface area is 76.8 Å². The minimum atomic E-state index is 0.461. The normalized spacial score (nSPS) is 11.1. The molecular formula is C8H13N5. The van der Waals surface area contributed by atoms with Gasteiger partial charge in [0.15, 0.2) is 5.84 Å². The minimum Gasteiger partial charge on any atom is -0.388 e. The topological polar surface area (TPSA) is 88.5 Å². The zero-order valence-electron chi connectivity index (χ0n) is 7.41. The Hall–Kier alpha value is -1.75. The molecule has 0 unspecified atom stereocenters. The Kier molecular flexibility index (Phi) is 3.10. The summed E-state index contributed by atoms with van der Waals surface area (Å²) in [6.07, 6.45) is 0. The first kappa shape index (κ1) is 9.34. The number of hydrogen-bond donors (Lipinski definition) is 4. The summed E-state index contributed by atoms with van der Waals surface area (Å²) < 4.78 is 0. The lowest BCUT2D eigenvalue weighted by Gasteiger charge is -2.04. The van der Waals surface area contributed by atoms with Crippen molar-refractivity contribution in [2.45, 2.75) is 0 Å². The largest absolute Gasteiger partial charge is 0.388 e. The van der Waals surface area contributed by atoms with E-state index in [0.29, 0.717) is 5.84 Å². The first-order valence-electron chi connectivity index (χ1n) is 3.84.